The maximum atomic E-state index is 12.8. The van der Waals surface area contributed by atoms with Crippen molar-refractivity contribution >= 4 is 20.8 Å². The molecule has 0 saturated carbocycles. The van der Waals surface area contributed by atoms with Gasteiger partial charge < -0.3 is 9.47 Å². The molecule has 180 valence electrons. The van der Waals surface area contributed by atoms with E-state index >= 15 is 0 Å². The number of benzene rings is 3. The summed E-state index contributed by atoms with van der Waals surface area (Å²) in [6.45, 7) is 7.82. The summed E-state index contributed by atoms with van der Waals surface area (Å²) in [5.41, 5.74) is 1.01. The van der Waals surface area contributed by atoms with Gasteiger partial charge in [-0.2, -0.15) is 0 Å². The van der Waals surface area contributed by atoms with Gasteiger partial charge in [-0.25, -0.2) is 13.1 Å². The molecule has 2 aliphatic rings. The maximum absolute atomic E-state index is 12.8. The molecule has 34 heavy (non-hydrogen) atoms. The number of hydrogen-bond donors (Lipinski definition) is 1. The van der Waals surface area contributed by atoms with Crippen LogP contribution < -0.4 is 14.2 Å². The third kappa shape index (κ3) is 5.06. The van der Waals surface area contributed by atoms with Crippen molar-refractivity contribution in [3.8, 4) is 11.5 Å². The van der Waals surface area contributed by atoms with E-state index in [9.17, 15) is 8.42 Å². The minimum atomic E-state index is -3.53. The molecule has 0 amide bonds. The number of fused-ring (bicyclic) bond motifs is 2. The molecule has 2 heterocycles. The molecule has 0 bridgehead atoms. The molecule has 5 rings (SSSR count). The van der Waals surface area contributed by atoms with Crippen molar-refractivity contribution < 1.29 is 17.9 Å². The molecule has 2 aliphatic heterocycles. The first-order chi connectivity index (χ1) is 16.3. The summed E-state index contributed by atoms with van der Waals surface area (Å²) in [4.78, 5) is 2.65. The maximum Gasteiger partial charge on any atom is 0.240 e. The van der Waals surface area contributed by atoms with E-state index in [2.05, 4.69) is 29.5 Å². The minimum absolute atomic E-state index is 0.190. The van der Waals surface area contributed by atoms with Gasteiger partial charge in [0.1, 0.15) is 12.2 Å². The summed E-state index contributed by atoms with van der Waals surface area (Å²) in [7, 11) is -3.53. The molecule has 1 unspecified atom stereocenters. The van der Waals surface area contributed by atoms with Crippen LogP contribution in [0.25, 0.3) is 10.8 Å². The number of para-hydroxylation sites is 1. The first-order valence-corrected chi connectivity index (χ1v) is 13.4. The van der Waals surface area contributed by atoms with Crippen LogP contribution in [0.5, 0.6) is 11.5 Å². The lowest BCUT2D eigenvalue weighted by Crippen LogP contribution is -2.32. The Morgan fingerprint density at radius 3 is 2.76 bits per heavy atom. The lowest BCUT2D eigenvalue weighted by Gasteiger charge is -2.19. The van der Waals surface area contributed by atoms with Gasteiger partial charge in [0.05, 0.1) is 4.90 Å². The average molecular weight is 481 g/mol. The zero-order valence-corrected chi connectivity index (χ0v) is 20.6. The van der Waals surface area contributed by atoms with Gasteiger partial charge in [0.25, 0.3) is 0 Å². The number of nitrogens with one attached hydrogen (secondary N) is 1. The first kappa shape index (κ1) is 23.1. The molecule has 0 radical (unpaired) electrons. The Morgan fingerprint density at radius 1 is 1.09 bits per heavy atom. The molecule has 1 N–H and O–H groups in total. The molecule has 0 spiro atoms. The van der Waals surface area contributed by atoms with Crippen LogP contribution in [0.3, 0.4) is 0 Å². The highest BCUT2D eigenvalue weighted by molar-refractivity contribution is 7.89. The molecule has 1 fully saturated rings. The van der Waals surface area contributed by atoms with Crippen molar-refractivity contribution in [3.05, 3.63) is 66.2 Å². The zero-order chi connectivity index (χ0) is 23.8. The molecule has 1 saturated heterocycles. The van der Waals surface area contributed by atoms with E-state index in [-0.39, 0.29) is 5.60 Å². The summed E-state index contributed by atoms with van der Waals surface area (Å²) in [5.74, 6) is 1.97. The summed E-state index contributed by atoms with van der Waals surface area (Å²) < 4.78 is 40.6. The quantitative estimate of drug-likeness (QED) is 0.523. The Hall–Kier alpha value is -2.61. The van der Waals surface area contributed by atoms with Gasteiger partial charge in [-0.15, -0.1) is 0 Å². The second-order valence-electron chi connectivity index (χ2n) is 9.95. The second-order valence-corrected chi connectivity index (χ2v) is 11.7. The van der Waals surface area contributed by atoms with Crippen LogP contribution in [-0.2, 0) is 16.4 Å². The predicted octanol–water partition coefficient (Wildman–Crippen LogP) is 4.23. The summed E-state index contributed by atoms with van der Waals surface area (Å²) in [5, 5.41) is 1.96. The van der Waals surface area contributed by atoms with E-state index in [1.54, 1.807) is 12.1 Å². The summed E-state index contributed by atoms with van der Waals surface area (Å²) in [6, 6.07) is 19.1. The van der Waals surface area contributed by atoms with E-state index in [4.69, 9.17) is 9.47 Å². The van der Waals surface area contributed by atoms with Crippen LogP contribution >= 0.6 is 0 Å². The fourth-order valence-corrected chi connectivity index (χ4v) is 6.06. The summed E-state index contributed by atoms with van der Waals surface area (Å²) in [6.07, 6.45) is 1.86. The van der Waals surface area contributed by atoms with Crippen molar-refractivity contribution in [2.24, 2.45) is 5.92 Å². The molecule has 0 aromatic heterocycles. The standard InChI is InChI=1S/C27H32N2O4S/c1-27(2)17-23-8-5-9-25(26(23)33-27)32-15-14-29-13-12-20(19-29)18-28-34(30,31)24-11-10-21-6-3-4-7-22(21)16-24/h3-11,16,20,28H,12-15,17-19H2,1-2H3. The number of sulfonamides is 1. The Morgan fingerprint density at radius 2 is 1.91 bits per heavy atom. The van der Waals surface area contributed by atoms with Crippen LogP contribution in [0, 0.1) is 5.92 Å². The van der Waals surface area contributed by atoms with Crippen molar-refractivity contribution in [2.75, 3.05) is 32.8 Å². The number of hydrogen-bond acceptors (Lipinski definition) is 5. The normalized spacial score (nSPS) is 19.8. The summed E-state index contributed by atoms with van der Waals surface area (Å²) >= 11 is 0. The molecule has 3 aromatic rings. The molecule has 3 aromatic carbocycles. The van der Waals surface area contributed by atoms with Crippen molar-refractivity contribution in [3.63, 3.8) is 0 Å². The van der Waals surface area contributed by atoms with Crippen LogP contribution in [0.4, 0.5) is 0 Å². The lowest BCUT2D eigenvalue weighted by molar-refractivity contribution is 0.130. The van der Waals surface area contributed by atoms with Gasteiger partial charge in [-0.1, -0.05) is 42.5 Å². The number of ether oxygens (including phenoxy) is 2. The lowest BCUT2D eigenvalue weighted by atomic mass is 10.0. The Bertz CT molecular complexity index is 1290. The second kappa shape index (κ2) is 9.21. The van der Waals surface area contributed by atoms with Gasteiger partial charge in [0, 0.05) is 31.6 Å². The first-order valence-electron chi connectivity index (χ1n) is 11.9. The van der Waals surface area contributed by atoms with E-state index in [0.29, 0.717) is 24.0 Å². The monoisotopic (exact) mass is 480 g/mol. The largest absolute Gasteiger partial charge is 0.488 e. The van der Waals surface area contributed by atoms with Crippen LogP contribution in [0.15, 0.2) is 65.6 Å². The van der Waals surface area contributed by atoms with E-state index in [1.807, 2.05) is 42.5 Å². The predicted molar refractivity (Wildman–Crippen MR) is 134 cm³/mol. The highest BCUT2D eigenvalue weighted by Gasteiger charge is 2.32. The van der Waals surface area contributed by atoms with Crippen LogP contribution in [0.1, 0.15) is 25.8 Å². The van der Waals surface area contributed by atoms with Gasteiger partial charge in [0.15, 0.2) is 11.5 Å². The molecular formula is C27H32N2O4S. The SMILES string of the molecule is CC1(C)Cc2cccc(OCCN3CCC(CNS(=O)(=O)c4ccc5ccccc5c4)C3)c2O1. The van der Waals surface area contributed by atoms with Gasteiger partial charge in [-0.05, 0) is 61.7 Å². The minimum Gasteiger partial charge on any atom is -0.488 e. The molecule has 1 atom stereocenters. The molecule has 7 heteroatoms. The van der Waals surface area contributed by atoms with Crippen molar-refractivity contribution in [1.29, 1.82) is 0 Å². The van der Waals surface area contributed by atoms with Gasteiger partial charge in [0.2, 0.25) is 10.0 Å². The van der Waals surface area contributed by atoms with Crippen LogP contribution in [0.2, 0.25) is 0 Å². The third-order valence-electron chi connectivity index (χ3n) is 6.68. The van der Waals surface area contributed by atoms with Crippen molar-refractivity contribution in [1.82, 2.24) is 9.62 Å². The highest BCUT2D eigenvalue weighted by Crippen LogP contribution is 2.41. The van der Waals surface area contributed by atoms with E-state index in [1.165, 1.54) is 5.56 Å². The number of rotatable bonds is 8. The van der Waals surface area contributed by atoms with Gasteiger partial charge >= 0.3 is 0 Å². The van der Waals surface area contributed by atoms with Crippen LogP contribution in [-0.4, -0.2) is 51.7 Å². The molecular weight excluding hydrogens is 448 g/mol. The zero-order valence-electron chi connectivity index (χ0n) is 19.8. The molecule has 0 aliphatic carbocycles. The van der Waals surface area contributed by atoms with Gasteiger partial charge in [-0.3, -0.25) is 4.90 Å². The Labute approximate surface area is 201 Å². The Balaban J connectivity index is 1.10. The smallest absolute Gasteiger partial charge is 0.240 e. The third-order valence-corrected chi connectivity index (χ3v) is 8.10. The molecule has 6 nitrogen and oxygen atoms in total. The fraction of sp³-hybridized carbons (Fsp3) is 0.407. The van der Waals surface area contributed by atoms with Crippen molar-refractivity contribution in [2.45, 2.75) is 37.2 Å². The number of nitrogens with zero attached hydrogens (tertiary/aromatic N) is 1. The van der Waals surface area contributed by atoms with E-state index in [0.717, 1.165) is 54.7 Å². The van der Waals surface area contributed by atoms with E-state index < -0.39 is 10.0 Å². The highest BCUT2D eigenvalue weighted by atomic mass is 32.2. The number of likely N-dealkylation sites (tertiary alicyclic amines) is 1. The fourth-order valence-electron chi connectivity index (χ4n) is 4.91. The average Bonchev–Trinajstić information content (AvgIpc) is 3.40. The Kier molecular flexibility index (Phi) is 6.27. The topological polar surface area (TPSA) is 67.9 Å².